The van der Waals surface area contributed by atoms with Gasteiger partial charge in [0.25, 0.3) is 0 Å². The monoisotopic (exact) mass is 514 g/mol. The number of rotatable bonds is 3. The summed E-state index contributed by atoms with van der Waals surface area (Å²) in [5.41, 5.74) is 5.61. The third-order valence-electron chi connectivity index (χ3n) is 7.20. The number of thioether (sulfide) groups is 1. The second-order valence-electron chi connectivity index (χ2n) is 9.39. The molecule has 5 heteroatoms. The molecule has 188 valence electrons. The highest BCUT2D eigenvalue weighted by atomic mass is 32.2. The molecule has 2 aromatic heterocycles. The Morgan fingerprint density at radius 3 is 1.84 bits per heavy atom. The van der Waals surface area contributed by atoms with Crippen LogP contribution in [0.15, 0.2) is 102 Å². The molecule has 1 unspecified atom stereocenters. The third-order valence-corrected chi connectivity index (χ3v) is 8.59. The van der Waals surface area contributed by atoms with E-state index in [2.05, 4.69) is 54.8 Å². The van der Waals surface area contributed by atoms with Gasteiger partial charge in [-0.15, -0.1) is 11.8 Å². The fraction of sp³-hybridized carbons (Fsp3) is 0.182. The van der Waals surface area contributed by atoms with Gasteiger partial charge in [0.05, 0.1) is 11.0 Å². The number of aromatic nitrogens is 4. The highest BCUT2D eigenvalue weighted by molar-refractivity contribution is 8.00. The van der Waals surface area contributed by atoms with E-state index in [0.717, 1.165) is 22.2 Å². The van der Waals surface area contributed by atoms with E-state index >= 15 is 0 Å². The minimum absolute atomic E-state index is 0.531. The van der Waals surface area contributed by atoms with Crippen molar-refractivity contribution in [2.45, 2.75) is 43.8 Å². The van der Waals surface area contributed by atoms with Crippen LogP contribution in [0.2, 0.25) is 0 Å². The summed E-state index contributed by atoms with van der Waals surface area (Å²) in [6.07, 6.45) is 0. The summed E-state index contributed by atoms with van der Waals surface area (Å²) in [7, 11) is 0. The van der Waals surface area contributed by atoms with E-state index in [0.29, 0.717) is 28.8 Å². The molecule has 4 nitrogen and oxygen atoms in total. The molecular weight excluding hydrogens is 484 g/mol. The maximum atomic E-state index is 5.03. The van der Waals surface area contributed by atoms with Gasteiger partial charge in [-0.05, 0) is 29.7 Å². The number of para-hydroxylation sites is 1. The molecule has 0 saturated heterocycles. The maximum Gasteiger partial charge on any atom is 0.238 e. The molecule has 7 rings (SSSR count). The lowest BCUT2D eigenvalue weighted by atomic mass is 9.97. The van der Waals surface area contributed by atoms with Crippen LogP contribution in [-0.2, 0) is 0 Å². The Hall–Kier alpha value is -3.96. The SMILES string of the molecule is CC.CC1Sc2cc3c(cc2[C@@H]1C)c1ccccc1n3-c1nc(-c2ccccc2)nc(-c2ccccc2)n1. The summed E-state index contributed by atoms with van der Waals surface area (Å²) in [6.45, 7) is 8.65. The zero-order valence-electron chi connectivity index (χ0n) is 22.1. The van der Waals surface area contributed by atoms with Crippen molar-refractivity contribution in [2.24, 2.45) is 0 Å². The molecule has 0 spiro atoms. The Morgan fingerprint density at radius 1 is 0.632 bits per heavy atom. The average molecular weight is 515 g/mol. The van der Waals surface area contributed by atoms with Crippen LogP contribution >= 0.6 is 11.8 Å². The van der Waals surface area contributed by atoms with E-state index in [1.807, 2.05) is 86.3 Å². The zero-order valence-corrected chi connectivity index (χ0v) is 22.9. The minimum Gasteiger partial charge on any atom is -0.278 e. The molecule has 0 N–H and O–H groups in total. The van der Waals surface area contributed by atoms with Gasteiger partial charge in [-0.1, -0.05) is 107 Å². The molecule has 1 aliphatic heterocycles. The molecule has 38 heavy (non-hydrogen) atoms. The molecular formula is C33H30N4S. The second-order valence-corrected chi connectivity index (χ2v) is 10.8. The van der Waals surface area contributed by atoms with Crippen molar-refractivity contribution < 1.29 is 0 Å². The Labute approximate surface area is 227 Å². The Bertz CT molecular complexity index is 1680. The van der Waals surface area contributed by atoms with Crippen LogP contribution in [0.3, 0.4) is 0 Å². The van der Waals surface area contributed by atoms with Crippen molar-refractivity contribution in [3.63, 3.8) is 0 Å². The van der Waals surface area contributed by atoms with Crippen LogP contribution in [0.4, 0.5) is 0 Å². The molecule has 2 atom stereocenters. The number of benzene rings is 4. The maximum absolute atomic E-state index is 5.03. The van der Waals surface area contributed by atoms with E-state index in [4.69, 9.17) is 15.0 Å². The summed E-state index contributed by atoms with van der Waals surface area (Å²) in [5, 5.41) is 3.03. The van der Waals surface area contributed by atoms with Crippen LogP contribution in [0.5, 0.6) is 0 Å². The lowest BCUT2D eigenvalue weighted by Gasteiger charge is -2.11. The Kier molecular flexibility index (Phi) is 6.46. The summed E-state index contributed by atoms with van der Waals surface area (Å²) in [5.74, 6) is 2.51. The molecule has 3 heterocycles. The third kappa shape index (κ3) is 4.07. The van der Waals surface area contributed by atoms with Crippen molar-refractivity contribution in [3.05, 3.63) is 103 Å². The zero-order chi connectivity index (χ0) is 26.2. The molecule has 0 radical (unpaired) electrons. The van der Waals surface area contributed by atoms with Crippen molar-refractivity contribution in [3.8, 4) is 28.7 Å². The fourth-order valence-electron chi connectivity index (χ4n) is 5.14. The fourth-order valence-corrected chi connectivity index (χ4v) is 6.45. The lowest BCUT2D eigenvalue weighted by molar-refractivity contribution is 0.763. The highest BCUT2D eigenvalue weighted by Crippen LogP contribution is 2.48. The van der Waals surface area contributed by atoms with E-state index in [-0.39, 0.29) is 0 Å². The first kappa shape index (κ1) is 24.4. The van der Waals surface area contributed by atoms with Gasteiger partial charge in [-0.3, -0.25) is 4.57 Å². The van der Waals surface area contributed by atoms with Crippen LogP contribution in [0.25, 0.3) is 50.5 Å². The van der Waals surface area contributed by atoms with E-state index < -0.39 is 0 Å². The second kappa shape index (κ2) is 10.1. The van der Waals surface area contributed by atoms with E-state index in [9.17, 15) is 0 Å². The van der Waals surface area contributed by atoms with Gasteiger partial charge < -0.3 is 0 Å². The van der Waals surface area contributed by atoms with Crippen LogP contribution in [-0.4, -0.2) is 24.8 Å². The summed E-state index contributed by atoms with van der Waals surface area (Å²) in [4.78, 5) is 16.3. The number of fused-ring (bicyclic) bond motifs is 4. The Morgan fingerprint density at radius 2 is 1.21 bits per heavy atom. The van der Waals surface area contributed by atoms with Crippen LogP contribution in [0, 0.1) is 0 Å². The van der Waals surface area contributed by atoms with Gasteiger partial charge in [0, 0.05) is 32.0 Å². The first-order valence-electron chi connectivity index (χ1n) is 13.3. The summed E-state index contributed by atoms with van der Waals surface area (Å²) < 4.78 is 2.21. The smallest absolute Gasteiger partial charge is 0.238 e. The van der Waals surface area contributed by atoms with Crippen molar-refractivity contribution in [1.82, 2.24) is 19.5 Å². The van der Waals surface area contributed by atoms with Crippen molar-refractivity contribution in [2.75, 3.05) is 0 Å². The molecule has 0 amide bonds. The topological polar surface area (TPSA) is 43.6 Å². The number of hydrogen-bond donors (Lipinski definition) is 0. The van der Waals surface area contributed by atoms with Gasteiger partial charge in [0.1, 0.15) is 0 Å². The molecule has 0 fully saturated rings. The first-order chi connectivity index (χ1) is 18.7. The molecule has 0 bridgehead atoms. The van der Waals surface area contributed by atoms with Gasteiger partial charge in [0.2, 0.25) is 5.95 Å². The lowest BCUT2D eigenvalue weighted by Crippen LogP contribution is -2.06. The van der Waals surface area contributed by atoms with Gasteiger partial charge in [-0.2, -0.15) is 9.97 Å². The van der Waals surface area contributed by atoms with Crippen molar-refractivity contribution in [1.29, 1.82) is 0 Å². The standard InChI is InChI=1S/C31H24N4S.C2H6/c1-19-20(2)36-28-18-27-25(17-24(19)28)23-15-9-10-16-26(23)35(27)31-33-29(21-11-5-3-6-12-21)32-30(34-31)22-13-7-4-8-14-22;1-2/h3-20H,1-2H3;1-2H3/t19-,20?;/m1./s1. The molecule has 4 aromatic carbocycles. The highest BCUT2D eigenvalue weighted by Gasteiger charge is 2.28. The average Bonchev–Trinajstić information content (AvgIpc) is 3.46. The normalized spacial score (nSPS) is 16.3. The first-order valence-corrected chi connectivity index (χ1v) is 14.2. The van der Waals surface area contributed by atoms with Gasteiger partial charge in [0.15, 0.2) is 11.6 Å². The molecule has 0 saturated carbocycles. The quantitative estimate of drug-likeness (QED) is 0.236. The van der Waals surface area contributed by atoms with Crippen LogP contribution in [0.1, 0.15) is 39.2 Å². The Balaban J connectivity index is 0.00000129. The van der Waals surface area contributed by atoms with Crippen molar-refractivity contribution >= 4 is 33.6 Å². The summed E-state index contributed by atoms with van der Waals surface area (Å²) >= 11 is 1.96. The van der Waals surface area contributed by atoms with E-state index in [1.165, 1.54) is 21.2 Å². The predicted molar refractivity (Wildman–Crippen MR) is 160 cm³/mol. The summed E-state index contributed by atoms with van der Waals surface area (Å²) in [6, 6.07) is 33.6. The molecule has 1 aliphatic rings. The van der Waals surface area contributed by atoms with Crippen LogP contribution < -0.4 is 0 Å². The molecule has 0 aliphatic carbocycles. The van der Waals surface area contributed by atoms with E-state index in [1.54, 1.807) is 0 Å². The van der Waals surface area contributed by atoms with Gasteiger partial charge >= 0.3 is 0 Å². The minimum atomic E-state index is 0.531. The largest absolute Gasteiger partial charge is 0.278 e. The molecule has 6 aromatic rings. The number of nitrogens with zero attached hydrogens (tertiary/aromatic N) is 4. The number of hydrogen-bond acceptors (Lipinski definition) is 4. The predicted octanol–water partition coefficient (Wildman–Crippen LogP) is 8.93. The van der Waals surface area contributed by atoms with Gasteiger partial charge in [-0.25, -0.2) is 4.98 Å².